The van der Waals surface area contributed by atoms with Crippen molar-refractivity contribution in [2.75, 3.05) is 38.4 Å². The Balaban J connectivity index is 1.62. The molecule has 11 nitrogen and oxygen atoms in total. The molecule has 0 aliphatic carbocycles. The smallest absolute Gasteiger partial charge is 0.256 e. The molecule has 1 aromatic carbocycles. The topological polar surface area (TPSA) is 137 Å². The van der Waals surface area contributed by atoms with Gasteiger partial charge in [-0.15, -0.1) is 0 Å². The molecule has 0 radical (unpaired) electrons. The van der Waals surface area contributed by atoms with Crippen molar-refractivity contribution in [1.82, 2.24) is 24.3 Å². The number of fused-ring (bicyclic) bond motifs is 1. The first-order valence-electron chi connectivity index (χ1n) is 14.5. The maximum absolute atomic E-state index is 13.2. The molecule has 5 rings (SSSR count). The van der Waals surface area contributed by atoms with Crippen LogP contribution in [0, 0.1) is 0 Å². The highest BCUT2D eigenvalue weighted by atomic mass is 16.5. The second-order valence-corrected chi connectivity index (χ2v) is 10.4. The van der Waals surface area contributed by atoms with E-state index in [9.17, 15) is 9.59 Å². The van der Waals surface area contributed by atoms with E-state index in [1.54, 1.807) is 50.9 Å². The van der Waals surface area contributed by atoms with E-state index < -0.39 is 0 Å². The molecule has 0 spiro atoms. The number of carbonyl (C=O) groups excluding carboxylic acids is 2. The largest absolute Gasteiger partial charge is 0.493 e. The fourth-order valence-corrected chi connectivity index (χ4v) is 5.63. The van der Waals surface area contributed by atoms with Crippen LogP contribution in [0.15, 0.2) is 61.1 Å². The Labute approximate surface area is 250 Å². The van der Waals surface area contributed by atoms with Crippen LogP contribution in [0.4, 0.5) is 11.6 Å². The summed E-state index contributed by atoms with van der Waals surface area (Å²) >= 11 is 0. The highest BCUT2D eigenvalue weighted by molar-refractivity contribution is 6.04. The number of amides is 2. The van der Waals surface area contributed by atoms with Crippen LogP contribution in [0.2, 0.25) is 0 Å². The third-order valence-electron chi connectivity index (χ3n) is 7.58. The SMILES string of the molecule is CCCc1c(-c2nc([C@@H]3CCCCN3C(=O)/C=C/COC)n3ccnc(N)c23)cnc(NC(=O)c2ccccc2)c1OC. The predicted molar refractivity (Wildman–Crippen MR) is 165 cm³/mol. The molecular weight excluding hydrogens is 546 g/mol. The zero-order valence-electron chi connectivity index (χ0n) is 24.7. The monoisotopic (exact) mass is 583 g/mol. The Hall–Kier alpha value is -4.77. The summed E-state index contributed by atoms with van der Waals surface area (Å²) in [5.41, 5.74) is 9.80. The summed E-state index contributed by atoms with van der Waals surface area (Å²) in [5.74, 6) is 1.43. The number of benzene rings is 1. The van der Waals surface area contributed by atoms with Gasteiger partial charge in [0.1, 0.15) is 22.9 Å². The van der Waals surface area contributed by atoms with Gasteiger partial charge in [-0.2, -0.15) is 0 Å². The Morgan fingerprint density at radius 2 is 1.98 bits per heavy atom. The Kier molecular flexibility index (Phi) is 9.31. The van der Waals surface area contributed by atoms with E-state index in [0.717, 1.165) is 36.8 Å². The van der Waals surface area contributed by atoms with E-state index in [1.165, 1.54) is 0 Å². The van der Waals surface area contributed by atoms with Gasteiger partial charge >= 0.3 is 0 Å². The molecule has 1 fully saturated rings. The van der Waals surface area contributed by atoms with E-state index in [4.69, 9.17) is 20.2 Å². The average molecular weight is 584 g/mol. The van der Waals surface area contributed by atoms with Gasteiger partial charge in [0.05, 0.1) is 19.8 Å². The van der Waals surface area contributed by atoms with E-state index in [0.29, 0.717) is 59.6 Å². The molecule has 0 unspecified atom stereocenters. The van der Waals surface area contributed by atoms with Crippen molar-refractivity contribution in [2.45, 2.75) is 45.1 Å². The lowest BCUT2D eigenvalue weighted by atomic mass is 10.0. The van der Waals surface area contributed by atoms with Gasteiger partial charge in [0.15, 0.2) is 11.6 Å². The van der Waals surface area contributed by atoms with E-state index in [1.807, 2.05) is 33.7 Å². The quantitative estimate of drug-likeness (QED) is 0.253. The molecule has 1 aliphatic heterocycles. The van der Waals surface area contributed by atoms with Crippen molar-refractivity contribution in [3.63, 3.8) is 0 Å². The molecular formula is C32H37N7O4. The number of nitrogens with two attached hydrogens (primary N) is 1. The Morgan fingerprint density at radius 3 is 2.72 bits per heavy atom. The van der Waals surface area contributed by atoms with Crippen LogP contribution in [0.5, 0.6) is 5.75 Å². The number of hydrogen-bond donors (Lipinski definition) is 2. The van der Waals surface area contributed by atoms with Crippen LogP contribution in [-0.2, 0) is 16.0 Å². The molecule has 4 heterocycles. The number of nitrogens with one attached hydrogen (secondary N) is 1. The minimum atomic E-state index is -0.286. The predicted octanol–water partition coefficient (Wildman–Crippen LogP) is 4.84. The molecule has 3 N–H and O–H groups in total. The molecule has 0 bridgehead atoms. The minimum absolute atomic E-state index is 0.0874. The van der Waals surface area contributed by atoms with Crippen LogP contribution >= 0.6 is 0 Å². The van der Waals surface area contributed by atoms with Crippen molar-refractivity contribution >= 4 is 29.0 Å². The number of piperidine rings is 1. The highest BCUT2D eigenvalue weighted by Gasteiger charge is 2.32. The summed E-state index contributed by atoms with van der Waals surface area (Å²) in [5, 5.41) is 2.90. The van der Waals surface area contributed by atoms with Gasteiger partial charge in [-0.25, -0.2) is 15.0 Å². The van der Waals surface area contributed by atoms with E-state index in [-0.39, 0.29) is 17.9 Å². The van der Waals surface area contributed by atoms with Crippen LogP contribution in [0.25, 0.3) is 16.8 Å². The van der Waals surface area contributed by atoms with Gasteiger partial charge in [-0.3, -0.25) is 14.0 Å². The summed E-state index contributed by atoms with van der Waals surface area (Å²) in [6, 6.07) is 8.69. The molecule has 11 heteroatoms. The van der Waals surface area contributed by atoms with Crippen LogP contribution in [0.1, 0.15) is 60.4 Å². The number of hydrogen-bond acceptors (Lipinski definition) is 8. The minimum Gasteiger partial charge on any atom is -0.493 e. The number of nitrogen functional groups attached to an aromatic ring is 1. The van der Waals surface area contributed by atoms with E-state index >= 15 is 0 Å². The number of ether oxygens (including phenoxy) is 2. The maximum atomic E-state index is 13.2. The zero-order chi connectivity index (χ0) is 30.3. The third kappa shape index (κ3) is 6.07. The number of anilines is 2. The van der Waals surface area contributed by atoms with Crippen molar-refractivity contribution < 1.29 is 19.1 Å². The van der Waals surface area contributed by atoms with Crippen molar-refractivity contribution in [3.8, 4) is 17.0 Å². The molecule has 1 aliphatic rings. The second kappa shape index (κ2) is 13.5. The fraction of sp³-hybridized carbons (Fsp3) is 0.344. The summed E-state index contributed by atoms with van der Waals surface area (Å²) in [6.45, 7) is 3.05. The highest BCUT2D eigenvalue weighted by Crippen LogP contribution is 2.40. The fourth-order valence-electron chi connectivity index (χ4n) is 5.63. The number of rotatable bonds is 10. The van der Waals surface area contributed by atoms with Crippen molar-refractivity contribution in [3.05, 3.63) is 78.0 Å². The lowest BCUT2D eigenvalue weighted by Gasteiger charge is -2.34. The maximum Gasteiger partial charge on any atom is 0.256 e. The van der Waals surface area contributed by atoms with Crippen LogP contribution in [0.3, 0.4) is 0 Å². The van der Waals surface area contributed by atoms with Gasteiger partial charge in [-0.1, -0.05) is 37.6 Å². The summed E-state index contributed by atoms with van der Waals surface area (Å²) in [4.78, 5) is 42.2. The molecule has 43 heavy (non-hydrogen) atoms. The lowest BCUT2D eigenvalue weighted by molar-refractivity contribution is -0.130. The number of pyridine rings is 1. The number of likely N-dealkylation sites (tertiary alicyclic amines) is 1. The molecule has 2 amide bonds. The summed E-state index contributed by atoms with van der Waals surface area (Å²) in [7, 11) is 3.16. The third-order valence-corrected chi connectivity index (χ3v) is 7.58. The van der Waals surface area contributed by atoms with Gasteiger partial charge < -0.3 is 25.4 Å². The molecule has 1 saturated heterocycles. The number of nitrogens with zero attached hydrogens (tertiary/aromatic N) is 5. The van der Waals surface area contributed by atoms with Gasteiger partial charge in [-0.05, 0) is 37.8 Å². The standard InChI is InChI=1S/C32H37N7O4/c1-4-11-22-23(20-35-30(28(22)43-3)37-32(41)21-12-6-5-7-13-21)26-27-29(33)34-16-18-39(27)31(36-26)24-14-8-9-17-38(24)25(40)15-10-19-42-2/h5-7,10,12-13,15-16,18,20,24H,4,8-9,11,14,17,19H2,1-3H3,(H2,33,34)(H,35,37,41)/b15-10+/t24-/m0/s1. The molecule has 1 atom stereocenters. The van der Waals surface area contributed by atoms with Gasteiger partial charge in [0.25, 0.3) is 5.91 Å². The average Bonchev–Trinajstić information content (AvgIpc) is 3.42. The summed E-state index contributed by atoms with van der Waals surface area (Å²) in [6.07, 6.45) is 12.5. The number of carbonyl (C=O) groups is 2. The molecule has 224 valence electrons. The lowest BCUT2D eigenvalue weighted by Crippen LogP contribution is -2.38. The number of aromatic nitrogens is 4. The first-order valence-corrected chi connectivity index (χ1v) is 14.5. The first kappa shape index (κ1) is 29.7. The molecule has 4 aromatic rings. The molecule has 3 aromatic heterocycles. The van der Waals surface area contributed by atoms with Gasteiger partial charge in [0.2, 0.25) is 5.91 Å². The Bertz CT molecular complexity index is 1630. The number of methoxy groups -OCH3 is 2. The van der Waals surface area contributed by atoms with Crippen LogP contribution < -0.4 is 15.8 Å². The number of imidazole rings is 1. The normalized spacial score (nSPS) is 15.2. The molecule has 0 saturated carbocycles. The van der Waals surface area contributed by atoms with Crippen molar-refractivity contribution in [1.29, 1.82) is 0 Å². The zero-order valence-corrected chi connectivity index (χ0v) is 24.7. The second-order valence-electron chi connectivity index (χ2n) is 10.4. The van der Waals surface area contributed by atoms with E-state index in [2.05, 4.69) is 22.2 Å². The summed E-state index contributed by atoms with van der Waals surface area (Å²) < 4.78 is 12.9. The van der Waals surface area contributed by atoms with Crippen LogP contribution in [-0.4, -0.2) is 63.4 Å². The van der Waals surface area contributed by atoms with Gasteiger partial charge in [0, 0.05) is 55.0 Å². The van der Waals surface area contributed by atoms with Crippen molar-refractivity contribution in [2.24, 2.45) is 0 Å². The Morgan fingerprint density at radius 1 is 1.16 bits per heavy atom. The first-order chi connectivity index (χ1) is 21.0.